The molecule has 5 nitrogen and oxygen atoms in total. The molecule has 0 unspecified atom stereocenters. The maximum Gasteiger partial charge on any atom is 0.243 e. The summed E-state index contributed by atoms with van der Waals surface area (Å²) >= 11 is 5.95. The lowest BCUT2D eigenvalue weighted by molar-refractivity contribution is -0.150. The zero-order chi connectivity index (χ0) is 15.1. The molecule has 0 aromatic carbocycles. The van der Waals surface area contributed by atoms with Gasteiger partial charge in [0.05, 0.1) is 0 Å². The quantitative estimate of drug-likeness (QED) is 0.909. The Morgan fingerprint density at radius 3 is 2.40 bits per heavy atom. The Morgan fingerprint density at radius 2 is 1.95 bits per heavy atom. The third-order valence-corrected chi connectivity index (χ3v) is 4.27. The van der Waals surface area contributed by atoms with Crippen molar-refractivity contribution in [2.45, 2.75) is 64.2 Å². The van der Waals surface area contributed by atoms with Crippen molar-refractivity contribution in [3.05, 3.63) is 17.7 Å². The highest BCUT2D eigenvalue weighted by Crippen LogP contribution is 2.38. The van der Waals surface area contributed by atoms with Gasteiger partial charge in [-0.05, 0) is 52.1 Å². The summed E-state index contributed by atoms with van der Waals surface area (Å²) in [6.07, 6.45) is 4.92. The van der Waals surface area contributed by atoms with Crippen LogP contribution < -0.4 is 5.73 Å². The van der Waals surface area contributed by atoms with Crippen molar-refractivity contribution in [3.8, 4) is 0 Å². The maximum absolute atomic E-state index is 12.7. The summed E-state index contributed by atoms with van der Waals surface area (Å²) in [5.41, 5.74) is 5.62. The first kappa shape index (κ1) is 15.3. The number of carbonyl (C=O) groups is 1. The molecule has 1 aliphatic rings. The molecule has 2 N–H and O–H groups in total. The standard InChI is InChI=1S/C14H23ClN4O/c1-13(2)7-10(16)8-14(3,4)19(13)11(20)9-18-6-5-17-12(18)15/h5-6,10H,7-9,16H2,1-4H3. The Hall–Kier alpha value is -1.07. The van der Waals surface area contributed by atoms with Gasteiger partial charge in [0, 0.05) is 29.5 Å². The summed E-state index contributed by atoms with van der Waals surface area (Å²) in [6.45, 7) is 8.49. The molecule has 112 valence electrons. The van der Waals surface area contributed by atoms with E-state index in [1.54, 1.807) is 17.0 Å². The number of aromatic nitrogens is 2. The number of amides is 1. The first-order chi connectivity index (χ1) is 9.13. The average Bonchev–Trinajstić information content (AvgIpc) is 2.59. The van der Waals surface area contributed by atoms with Gasteiger partial charge in [-0.2, -0.15) is 0 Å². The normalized spacial score (nSPS) is 22.0. The van der Waals surface area contributed by atoms with E-state index in [-0.39, 0.29) is 29.6 Å². The number of carbonyl (C=O) groups excluding carboxylic acids is 1. The number of halogens is 1. The highest BCUT2D eigenvalue weighted by molar-refractivity contribution is 6.28. The van der Waals surface area contributed by atoms with E-state index in [0.29, 0.717) is 5.28 Å². The molecule has 0 atom stereocenters. The summed E-state index contributed by atoms with van der Waals surface area (Å²) in [6, 6.07) is 0.126. The molecule has 1 aromatic rings. The van der Waals surface area contributed by atoms with E-state index in [1.165, 1.54) is 0 Å². The van der Waals surface area contributed by atoms with Crippen molar-refractivity contribution in [3.63, 3.8) is 0 Å². The van der Waals surface area contributed by atoms with Crippen LogP contribution in [0.4, 0.5) is 0 Å². The van der Waals surface area contributed by atoms with Gasteiger partial charge in [0.2, 0.25) is 11.2 Å². The van der Waals surface area contributed by atoms with Gasteiger partial charge >= 0.3 is 0 Å². The average molecular weight is 299 g/mol. The van der Waals surface area contributed by atoms with E-state index in [9.17, 15) is 4.79 Å². The number of likely N-dealkylation sites (tertiary alicyclic amines) is 1. The van der Waals surface area contributed by atoms with Crippen molar-refractivity contribution >= 4 is 17.5 Å². The van der Waals surface area contributed by atoms with Gasteiger partial charge in [-0.25, -0.2) is 4.98 Å². The number of hydrogen-bond donors (Lipinski definition) is 1. The molecule has 20 heavy (non-hydrogen) atoms. The lowest BCUT2D eigenvalue weighted by Crippen LogP contribution is -2.65. The zero-order valence-corrected chi connectivity index (χ0v) is 13.3. The minimum atomic E-state index is -0.259. The Bertz CT molecular complexity index is 491. The van der Waals surface area contributed by atoms with Crippen molar-refractivity contribution in [2.75, 3.05) is 0 Å². The van der Waals surface area contributed by atoms with Crippen LogP contribution in [0.5, 0.6) is 0 Å². The lowest BCUT2D eigenvalue weighted by atomic mass is 9.77. The fourth-order valence-corrected chi connectivity index (χ4v) is 3.85. The van der Waals surface area contributed by atoms with E-state index >= 15 is 0 Å². The van der Waals surface area contributed by atoms with Crippen LogP contribution in [0, 0.1) is 0 Å². The van der Waals surface area contributed by atoms with Gasteiger partial charge in [-0.3, -0.25) is 4.79 Å². The number of imidazole rings is 1. The lowest BCUT2D eigenvalue weighted by Gasteiger charge is -2.54. The summed E-state index contributed by atoms with van der Waals surface area (Å²) in [4.78, 5) is 18.6. The Labute approximate surface area is 125 Å². The molecule has 1 aromatic heterocycles. The smallest absolute Gasteiger partial charge is 0.243 e. The molecular formula is C14H23ClN4O. The number of piperidine rings is 1. The van der Waals surface area contributed by atoms with E-state index in [1.807, 2.05) is 4.90 Å². The van der Waals surface area contributed by atoms with Crippen LogP contribution in [-0.2, 0) is 11.3 Å². The van der Waals surface area contributed by atoms with Crippen LogP contribution in [0.1, 0.15) is 40.5 Å². The molecule has 1 fully saturated rings. The monoisotopic (exact) mass is 298 g/mol. The molecular weight excluding hydrogens is 276 g/mol. The van der Waals surface area contributed by atoms with Crippen molar-refractivity contribution < 1.29 is 4.79 Å². The van der Waals surface area contributed by atoms with Gasteiger partial charge in [0.1, 0.15) is 6.54 Å². The topological polar surface area (TPSA) is 64.2 Å². The molecule has 0 radical (unpaired) electrons. The SMILES string of the molecule is CC1(C)CC(N)CC(C)(C)N1C(=O)Cn1ccnc1Cl. The van der Waals surface area contributed by atoms with Gasteiger partial charge in [-0.15, -0.1) is 0 Å². The second kappa shape index (κ2) is 5.04. The number of nitrogens with zero attached hydrogens (tertiary/aromatic N) is 3. The van der Waals surface area contributed by atoms with Crippen LogP contribution in [0.15, 0.2) is 12.4 Å². The van der Waals surface area contributed by atoms with Crippen LogP contribution in [0.2, 0.25) is 5.28 Å². The van der Waals surface area contributed by atoms with Gasteiger partial charge in [0.25, 0.3) is 0 Å². The summed E-state index contributed by atoms with van der Waals surface area (Å²) in [5.74, 6) is 0.0480. The molecule has 6 heteroatoms. The van der Waals surface area contributed by atoms with Gasteiger partial charge in [-0.1, -0.05) is 0 Å². The molecule has 1 aliphatic heterocycles. The third-order valence-electron chi connectivity index (χ3n) is 3.95. The largest absolute Gasteiger partial charge is 0.331 e. The number of hydrogen-bond acceptors (Lipinski definition) is 3. The molecule has 0 aliphatic carbocycles. The Balaban J connectivity index is 2.24. The van der Waals surface area contributed by atoms with Gasteiger partial charge < -0.3 is 15.2 Å². The molecule has 0 bridgehead atoms. The number of rotatable bonds is 2. The van der Waals surface area contributed by atoms with Crippen molar-refractivity contribution in [1.29, 1.82) is 0 Å². The minimum absolute atomic E-state index is 0.0480. The molecule has 0 saturated carbocycles. The predicted molar refractivity (Wildman–Crippen MR) is 79.5 cm³/mol. The van der Waals surface area contributed by atoms with Crippen molar-refractivity contribution in [2.24, 2.45) is 5.73 Å². The minimum Gasteiger partial charge on any atom is -0.331 e. The maximum atomic E-state index is 12.7. The van der Waals surface area contributed by atoms with E-state index in [0.717, 1.165) is 12.8 Å². The summed E-state index contributed by atoms with van der Waals surface area (Å²) < 4.78 is 1.66. The van der Waals surface area contributed by atoms with Crippen LogP contribution in [0.25, 0.3) is 0 Å². The summed E-state index contributed by atoms with van der Waals surface area (Å²) in [5, 5.41) is 0.336. The molecule has 0 spiro atoms. The second-order valence-electron chi connectivity index (χ2n) is 6.85. The van der Waals surface area contributed by atoms with E-state index in [2.05, 4.69) is 32.7 Å². The number of nitrogens with two attached hydrogens (primary N) is 1. The highest BCUT2D eigenvalue weighted by Gasteiger charge is 2.46. The molecule has 2 rings (SSSR count). The Kier molecular flexibility index (Phi) is 3.86. The van der Waals surface area contributed by atoms with E-state index < -0.39 is 0 Å². The summed E-state index contributed by atoms with van der Waals surface area (Å²) in [7, 11) is 0. The first-order valence-electron chi connectivity index (χ1n) is 6.89. The predicted octanol–water partition coefficient (Wildman–Crippen LogP) is 2.04. The fourth-order valence-electron chi connectivity index (χ4n) is 3.68. The second-order valence-corrected chi connectivity index (χ2v) is 7.18. The highest BCUT2D eigenvalue weighted by atomic mass is 35.5. The Morgan fingerprint density at radius 1 is 1.40 bits per heavy atom. The molecule has 2 heterocycles. The van der Waals surface area contributed by atoms with Crippen LogP contribution >= 0.6 is 11.6 Å². The van der Waals surface area contributed by atoms with E-state index in [4.69, 9.17) is 17.3 Å². The third kappa shape index (κ3) is 2.83. The van der Waals surface area contributed by atoms with Crippen LogP contribution in [-0.4, -0.2) is 37.5 Å². The molecule has 1 saturated heterocycles. The van der Waals surface area contributed by atoms with Crippen LogP contribution in [0.3, 0.4) is 0 Å². The van der Waals surface area contributed by atoms with Gasteiger partial charge in [0.15, 0.2) is 0 Å². The van der Waals surface area contributed by atoms with Crippen molar-refractivity contribution in [1.82, 2.24) is 14.5 Å². The fraction of sp³-hybridized carbons (Fsp3) is 0.714. The first-order valence-corrected chi connectivity index (χ1v) is 7.27. The molecule has 1 amide bonds. The zero-order valence-electron chi connectivity index (χ0n) is 12.6.